The molecule has 0 radical (unpaired) electrons. The van der Waals surface area contributed by atoms with Crippen LogP contribution >= 0.6 is 0 Å². The third-order valence-corrected chi connectivity index (χ3v) is 4.87. The van der Waals surface area contributed by atoms with Crippen LogP contribution in [0.1, 0.15) is 39.5 Å². The minimum atomic E-state index is -1.18. The van der Waals surface area contributed by atoms with Crippen LogP contribution < -0.4 is 5.32 Å². The molecule has 132 valence electrons. The van der Waals surface area contributed by atoms with Crippen LogP contribution in [0, 0.1) is 17.8 Å². The first-order valence-electron chi connectivity index (χ1n) is 8.77. The van der Waals surface area contributed by atoms with Crippen LogP contribution in [0.4, 0.5) is 0 Å². The summed E-state index contributed by atoms with van der Waals surface area (Å²) in [7, 11) is 0. The van der Waals surface area contributed by atoms with E-state index in [2.05, 4.69) is 5.32 Å². The molecule has 2 unspecified atom stereocenters. The van der Waals surface area contributed by atoms with Crippen LogP contribution in [0.3, 0.4) is 0 Å². The second-order valence-electron chi connectivity index (χ2n) is 7.23. The second-order valence-corrected chi connectivity index (χ2v) is 7.23. The van der Waals surface area contributed by atoms with E-state index in [1.54, 1.807) is 4.90 Å². The van der Waals surface area contributed by atoms with Crippen molar-refractivity contribution >= 4 is 12.3 Å². The summed E-state index contributed by atoms with van der Waals surface area (Å²) < 4.78 is 5.35. The molecule has 0 bridgehead atoms. The lowest BCUT2D eigenvalue weighted by atomic mass is 9.93. The molecule has 0 aromatic heterocycles. The Kier molecular flexibility index (Phi) is 6.84. The van der Waals surface area contributed by atoms with Crippen molar-refractivity contribution in [3.8, 4) is 0 Å². The molecule has 1 aliphatic carbocycles. The van der Waals surface area contributed by atoms with E-state index < -0.39 is 12.1 Å². The number of hydrogen-bond acceptors (Lipinski definition) is 4. The zero-order chi connectivity index (χ0) is 16.8. The summed E-state index contributed by atoms with van der Waals surface area (Å²) >= 11 is 0. The van der Waals surface area contributed by atoms with E-state index in [4.69, 9.17) is 4.74 Å². The Morgan fingerprint density at radius 3 is 2.43 bits per heavy atom. The van der Waals surface area contributed by atoms with Crippen molar-refractivity contribution in [2.75, 3.05) is 26.3 Å². The van der Waals surface area contributed by atoms with Gasteiger partial charge in [-0.2, -0.15) is 0 Å². The van der Waals surface area contributed by atoms with E-state index in [9.17, 15) is 14.7 Å². The molecule has 2 N–H and O–H groups in total. The van der Waals surface area contributed by atoms with Gasteiger partial charge in [0.05, 0.1) is 6.04 Å². The van der Waals surface area contributed by atoms with Crippen LogP contribution in [0.25, 0.3) is 0 Å². The molecule has 2 aliphatic rings. The highest BCUT2D eigenvalue weighted by molar-refractivity contribution is 5.81. The Labute approximate surface area is 138 Å². The molecular weight excluding hydrogens is 296 g/mol. The molecule has 1 heterocycles. The molecule has 0 spiro atoms. The minimum Gasteiger partial charge on any atom is -0.381 e. The molecule has 2 amide bonds. The van der Waals surface area contributed by atoms with Crippen LogP contribution in [0.2, 0.25) is 0 Å². The number of aliphatic hydroxyl groups excluding tert-OH is 1. The maximum Gasteiger partial charge on any atom is 0.251 e. The van der Waals surface area contributed by atoms with Crippen molar-refractivity contribution in [1.82, 2.24) is 10.2 Å². The van der Waals surface area contributed by atoms with Crippen LogP contribution in [-0.2, 0) is 14.3 Å². The molecule has 2 rings (SSSR count). The normalized spacial score (nSPS) is 21.7. The van der Waals surface area contributed by atoms with Crippen molar-refractivity contribution in [3.05, 3.63) is 0 Å². The number of carbonyl (C=O) groups is 2. The van der Waals surface area contributed by atoms with Crippen LogP contribution in [-0.4, -0.2) is 60.8 Å². The lowest BCUT2D eigenvalue weighted by Gasteiger charge is -2.37. The molecular formula is C17H30N2O4. The fraction of sp³-hybridized carbons (Fsp3) is 0.882. The van der Waals surface area contributed by atoms with Gasteiger partial charge in [0.2, 0.25) is 6.41 Å². The number of nitrogens with one attached hydrogen (secondary N) is 1. The standard InChI is InChI=1S/C17H30N2O4/c1-12(2)15(16(21)17(22)18-9-13-3-4-13)19(11-20)10-14-5-7-23-8-6-14/h11-16,21H,3-10H2,1-2H3,(H,18,22). The Morgan fingerprint density at radius 2 is 1.91 bits per heavy atom. The van der Waals surface area contributed by atoms with Crippen LogP contribution in [0.5, 0.6) is 0 Å². The first kappa shape index (κ1) is 18.2. The first-order valence-corrected chi connectivity index (χ1v) is 8.77. The predicted octanol–water partition coefficient (Wildman–Crippen LogP) is 0.783. The van der Waals surface area contributed by atoms with Crippen molar-refractivity contribution < 1.29 is 19.4 Å². The lowest BCUT2D eigenvalue weighted by Crippen LogP contribution is -2.54. The highest BCUT2D eigenvalue weighted by Gasteiger charge is 2.35. The van der Waals surface area contributed by atoms with Gasteiger partial charge in [-0.25, -0.2) is 0 Å². The number of amides is 2. The summed E-state index contributed by atoms with van der Waals surface area (Å²) in [4.78, 5) is 25.4. The van der Waals surface area contributed by atoms with Gasteiger partial charge in [-0.3, -0.25) is 9.59 Å². The zero-order valence-corrected chi connectivity index (χ0v) is 14.2. The third-order valence-electron chi connectivity index (χ3n) is 4.87. The molecule has 0 aromatic rings. The van der Waals surface area contributed by atoms with Crippen LogP contribution in [0.15, 0.2) is 0 Å². The average molecular weight is 326 g/mol. The molecule has 2 fully saturated rings. The van der Waals surface area contributed by atoms with Gasteiger partial charge in [-0.1, -0.05) is 13.8 Å². The Bertz CT molecular complexity index is 392. The van der Waals surface area contributed by atoms with E-state index in [0.717, 1.165) is 32.1 Å². The summed E-state index contributed by atoms with van der Waals surface area (Å²) in [6.45, 7) is 6.50. The molecule has 1 aliphatic heterocycles. The van der Waals surface area contributed by atoms with Gasteiger partial charge < -0.3 is 20.1 Å². The lowest BCUT2D eigenvalue weighted by molar-refractivity contribution is -0.138. The molecule has 6 nitrogen and oxygen atoms in total. The first-order chi connectivity index (χ1) is 11.0. The molecule has 1 saturated heterocycles. The van der Waals surface area contributed by atoms with Crippen molar-refractivity contribution in [2.45, 2.75) is 51.7 Å². The maximum atomic E-state index is 12.2. The van der Waals surface area contributed by atoms with E-state index in [1.807, 2.05) is 13.8 Å². The smallest absolute Gasteiger partial charge is 0.251 e. The fourth-order valence-electron chi connectivity index (χ4n) is 3.22. The Hall–Kier alpha value is -1.14. The molecule has 23 heavy (non-hydrogen) atoms. The second kappa shape index (κ2) is 8.64. The molecule has 0 aromatic carbocycles. The van der Waals surface area contributed by atoms with E-state index in [0.29, 0.717) is 38.1 Å². The van der Waals surface area contributed by atoms with Crippen molar-refractivity contribution in [2.24, 2.45) is 17.8 Å². The highest BCUT2D eigenvalue weighted by atomic mass is 16.5. The Balaban J connectivity index is 1.94. The highest BCUT2D eigenvalue weighted by Crippen LogP contribution is 2.27. The van der Waals surface area contributed by atoms with Gasteiger partial charge in [0.1, 0.15) is 0 Å². The molecule has 2 atom stereocenters. The van der Waals surface area contributed by atoms with E-state index in [-0.39, 0.29) is 11.8 Å². The third kappa shape index (κ3) is 5.46. The number of carbonyl (C=O) groups excluding carboxylic acids is 2. The van der Waals surface area contributed by atoms with E-state index in [1.165, 1.54) is 0 Å². The largest absolute Gasteiger partial charge is 0.381 e. The quantitative estimate of drug-likeness (QED) is 0.614. The molecule has 6 heteroatoms. The summed E-state index contributed by atoms with van der Waals surface area (Å²) in [5.41, 5.74) is 0. The number of aliphatic hydroxyl groups is 1. The number of nitrogens with zero attached hydrogens (tertiary/aromatic N) is 1. The summed E-state index contributed by atoms with van der Waals surface area (Å²) in [6.07, 6.45) is 3.72. The van der Waals surface area contributed by atoms with E-state index >= 15 is 0 Å². The average Bonchev–Trinajstić information content (AvgIpc) is 3.36. The summed E-state index contributed by atoms with van der Waals surface area (Å²) in [5, 5.41) is 13.3. The fourth-order valence-corrected chi connectivity index (χ4v) is 3.22. The Morgan fingerprint density at radius 1 is 1.26 bits per heavy atom. The number of hydrogen-bond donors (Lipinski definition) is 2. The van der Waals surface area contributed by atoms with Gasteiger partial charge in [0, 0.05) is 26.3 Å². The van der Waals surface area contributed by atoms with Gasteiger partial charge in [0.25, 0.3) is 5.91 Å². The topological polar surface area (TPSA) is 78.9 Å². The van der Waals surface area contributed by atoms with Gasteiger partial charge >= 0.3 is 0 Å². The van der Waals surface area contributed by atoms with Gasteiger partial charge in [-0.05, 0) is 43.4 Å². The maximum absolute atomic E-state index is 12.2. The monoisotopic (exact) mass is 326 g/mol. The van der Waals surface area contributed by atoms with Gasteiger partial charge in [0.15, 0.2) is 6.10 Å². The summed E-state index contributed by atoms with van der Waals surface area (Å²) in [5.74, 6) is 0.570. The zero-order valence-electron chi connectivity index (χ0n) is 14.2. The number of ether oxygens (including phenoxy) is 1. The molecule has 1 saturated carbocycles. The van der Waals surface area contributed by atoms with Crippen molar-refractivity contribution in [1.29, 1.82) is 0 Å². The number of rotatable bonds is 9. The van der Waals surface area contributed by atoms with Crippen molar-refractivity contribution in [3.63, 3.8) is 0 Å². The predicted molar refractivity (Wildman–Crippen MR) is 86.7 cm³/mol. The minimum absolute atomic E-state index is 0.00159. The SMILES string of the molecule is CC(C)C(C(O)C(=O)NCC1CC1)N(C=O)CC1CCOCC1. The summed E-state index contributed by atoms with van der Waals surface area (Å²) in [6, 6.07) is -0.491. The van der Waals surface area contributed by atoms with Gasteiger partial charge in [-0.15, -0.1) is 0 Å².